The summed E-state index contributed by atoms with van der Waals surface area (Å²) in [6.07, 6.45) is 5.22. The second-order valence-corrected chi connectivity index (χ2v) is 12.9. The summed E-state index contributed by atoms with van der Waals surface area (Å²) in [5, 5.41) is 9.12. The largest absolute Gasteiger partial charge is 0.481 e. The van der Waals surface area contributed by atoms with Crippen LogP contribution in [0.5, 0.6) is 0 Å². The number of anilines is 2. The Labute approximate surface area is 267 Å². The molecule has 0 aliphatic rings. The maximum absolute atomic E-state index is 14.1. The number of benzene rings is 3. The Bertz CT molecular complexity index is 1750. The normalized spacial score (nSPS) is 11.4. The summed E-state index contributed by atoms with van der Waals surface area (Å²) in [7, 11) is 0. The van der Waals surface area contributed by atoms with Gasteiger partial charge in [-0.1, -0.05) is 82.3 Å². The fourth-order valence-corrected chi connectivity index (χ4v) is 6.04. The molecule has 5 rings (SSSR count). The highest BCUT2D eigenvalue weighted by molar-refractivity contribution is 6.09. The summed E-state index contributed by atoms with van der Waals surface area (Å²) in [4.78, 5) is 27.4. The maximum Gasteiger partial charge on any atom is 0.303 e. The molecular weight excluding hydrogens is 556 g/mol. The minimum Gasteiger partial charge on any atom is -0.481 e. The number of carboxylic acid groups (broad SMARTS) is 1. The number of hydrogen-bond acceptors (Lipinski definition) is 3. The maximum atomic E-state index is 14.1. The third-order valence-electron chi connectivity index (χ3n) is 8.15. The SMILES string of the molecule is CC(C)Cc1ccc(CN(c2ccc(CC(C)C)cc2)c2cccc(C(=O)c3cc(CCCC(=O)O)c4ccccn34)c2)cc1. The van der Waals surface area contributed by atoms with E-state index < -0.39 is 5.97 Å². The number of fused-ring (bicyclic) bond motifs is 1. The van der Waals surface area contributed by atoms with Crippen molar-refractivity contribution < 1.29 is 14.7 Å². The van der Waals surface area contributed by atoms with Gasteiger partial charge in [-0.15, -0.1) is 0 Å². The van der Waals surface area contributed by atoms with Crippen molar-refractivity contribution >= 4 is 28.6 Å². The highest BCUT2D eigenvalue weighted by atomic mass is 16.4. The molecule has 0 amide bonds. The molecule has 232 valence electrons. The van der Waals surface area contributed by atoms with Crippen molar-refractivity contribution in [3.63, 3.8) is 0 Å². The van der Waals surface area contributed by atoms with E-state index in [9.17, 15) is 9.59 Å². The predicted molar refractivity (Wildman–Crippen MR) is 184 cm³/mol. The van der Waals surface area contributed by atoms with Gasteiger partial charge in [0.15, 0.2) is 0 Å². The number of aromatic nitrogens is 1. The lowest BCUT2D eigenvalue weighted by molar-refractivity contribution is -0.137. The molecule has 5 aromatic rings. The fraction of sp³-hybridized carbons (Fsp3) is 0.300. The first kappa shape index (κ1) is 31.8. The predicted octanol–water partition coefficient (Wildman–Crippen LogP) is 9.31. The Balaban J connectivity index is 1.48. The molecule has 0 atom stereocenters. The van der Waals surface area contributed by atoms with Crippen LogP contribution in [0.4, 0.5) is 11.4 Å². The lowest BCUT2D eigenvalue weighted by Crippen LogP contribution is -2.17. The monoisotopic (exact) mass is 600 g/mol. The molecule has 0 bridgehead atoms. The summed E-state index contributed by atoms with van der Waals surface area (Å²) < 4.78 is 1.93. The first-order valence-corrected chi connectivity index (χ1v) is 16.1. The van der Waals surface area contributed by atoms with Gasteiger partial charge in [0.1, 0.15) is 0 Å². The number of rotatable bonds is 14. The molecule has 0 unspecified atom stereocenters. The van der Waals surface area contributed by atoms with E-state index in [0.717, 1.165) is 35.3 Å². The van der Waals surface area contributed by atoms with Gasteiger partial charge >= 0.3 is 5.97 Å². The van der Waals surface area contributed by atoms with E-state index in [-0.39, 0.29) is 12.2 Å². The van der Waals surface area contributed by atoms with Crippen molar-refractivity contribution in [1.82, 2.24) is 4.40 Å². The molecule has 1 N–H and O–H groups in total. The van der Waals surface area contributed by atoms with Crippen molar-refractivity contribution in [2.24, 2.45) is 11.8 Å². The van der Waals surface area contributed by atoms with Gasteiger partial charge in [-0.2, -0.15) is 0 Å². The van der Waals surface area contributed by atoms with Gasteiger partial charge in [-0.3, -0.25) is 9.59 Å². The van der Waals surface area contributed by atoms with E-state index in [2.05, 4.69) is 87.2 Å². The number of aryl methyl sites for hydroxylation is 1. The van der Waals surface area contributed by atoms with Crippen LogP contribution in [0, 0.1) is 11.8 Å². The number of aliphatic carboxylic acids is 1. The van der Waals surface area contributed by atoms with Gasteiger partial charge in [-0.05, 0) is 102 Å². The van der Waals surface area contributed by atoms with Gasteiger partial charge < -0.3 is 14.4 Å². The van der Waals surface area contributed by atoms with Crippen LogP contribution in [-0.4, -0.2) is 21.3 Å². The molecule has 0 radical (unpaired) electrons. The summed E-state index contributed by atoms with van der Waals surface area (Å²) in [6.45, 7) is 9.62. The van der Waals surface area contributed by atoms with E-state index in [0.29, 0.717) is 42.5 Å². The van der Waals surface area contributed by atoms with Crippen LogP contribution < -0.4 is 4.90 Å². The molecule has 5 nitrogen and oxygen atoms in total. The van der Waals surface area contributed by atoms with Crippen LogP contribution in [0.1, 0.15) is 78.8 Å². The minimum atomic E-state index is -0.808. The topological polar surface area (TPSA) is 62.0 Å². The quantitative estimate of drug-likeness (QED) is 0.129. The summed E-state index contributed by atoms with van der Waals surface area (Å²) in [6, 6.07) is 33.3. The van der Waals surface area contributed by atoms with Crippen LogP contribution in [0.15, 0.2) is 103 Å². The average molecular weight is 601 g/mol. The molecule has 3 aromatic carbocycles. The number of carboxylic acids is 1. The molecule has 0 fully saturated rings. The fourth-order valence-electron chi connectivity index (χ4n) is 6.04. The van der Waals surface area contributed by atoms with Gasteiger partial charge in [-0.25, -0.2) is 0 Å². The lowest BCUT2D eigenvalue weighted by atomic mass is 10.0. The Hall–Kier alpha value is -4.64. The van der Waals surface area contributed by atoms with Gasteiger partial charge in [0.25, 0.3) is 0 Å². The Kier molecular flexibility index (Phi) is 10.2. The number of nitrogens with zero attached hydrogens (tertiary/aromatic N) is 2. The van der Waals surface area contributed by atoms with Crippen LogP contribution >= 0.6 is 0 Å². The second-order valence-electron chi connectivity index (χ2n) is 12.9. The van der Waals surface area contributed by atoms with E-state index >= 15 is 0 Å². The zero-order valence-corrected chi connectivity index (χ0v) is 26.9. The van der Waals surface area contributed by atoms with Crippen LogP contribution in [-0.2, 0) is 30.6 Å². The van der Waals surface area contributed by atoms with Gasteiger partial charge in [0.05, 0.1) is 5.69 Å². The van der Waals surface area contributed by atoms with Crippen molar-refractivity contribution in [2.45, 2.75) is 66.3 Å². The Morgan fingerprint density at radius 2 is 1.38 bits per heavy atom. The lowest BCUT2D eigenvalue weighted by Gasteiger charge is -2.26. The van der Waals surface area contributed by atoms with Crippen molar-refractivity contribution in [3.8, 4) is 0 Å². The van der Waals surface area contributed by atoms with Crippen LogP contribution in [0.3, 0.4) is 0 Å². The number of pyridine rings is 1. The summed E-state index contributed by atoms with van der Waals surface area (Å²) in [5.74, 6) is 0.322. The molecule has 5 heteroatoms. The third-order valence-corrected chi connectivity index (χ3v) is 8.15. The van der Waals surface area contributed by atoms with Crippen molar-refractivity contribution in [1.29, 1.82) is 0 Å². The smallest absolute Gasteiger partial charge is 0.303 e. The minimum absolute atomic E-state index is 0.0622. The van der Waals surface area contributed by atoms with Gasteiger partial charge in [0, 0.05) is 41.6 Å². The highest BCUT2D eigenvalue weighted by Crippen LogP contribution is 2.31. The van der Waals surface area contributed by atoms with Gasteiger partial charge in [0.2, 0.25) is 5.78 Å². The van der Waals surface area contributed by atoms with Crippen LogP contribution in [0.2, 0.25) is 0 Å². The van der Waals surface area contributed by atoms with Crippen LogP contribution in [0.25, 0.3) is 5.52 Å². The molecule has 0 aliphatic heterocycles. The molecule has 0 aliphatic carbocycles. The molecule has 2 aromatic heterocycles. The number of ketones is 1. The first-order valence-electron chi connectivity index (χ1n) is 16.1. The molecule has 0 saturated carbocycles. The van der Waals surface area contributed by atoms with E-state index in [1.165, 1.54) is 16.7 Å². The van der Waals surface area contributed by atoms with Crippen molar-refractivity contribution in [3.05, 3.63) is 137 Å². The number of hydrogen-bond donors (Lipinski definition) is 1. The number of carbonyl (C=O) groups excluding carboxylic acids is 1. The Morgan fingerprint density at radius 1 is 0.733 bits per heavy atom. The van der Waals surface area contributed by atoms with E-state index in [1.54, 1.807) is 0 Å². The Morgan fingerprint density at radius 3 is 2.02 bits per heavy atom. The first-order chi connectivity index (χ1) is 21.7. The summed E-state index contributed by atoms with van der Waals surface area (Å²) in [5.41, 5.74) is 9.00. The molecule has 0 saturated heterocycles. The molecular formula is C40H44N2O3. The van der Waals surface area contributed by atoms with Crippen molar-refractivity contribution in [2.75, 3.05) is 4.90 Å². The molecule has 2 heterocycles. The summed E-state index contributed by atoms with van der Waals surface area (Å²) >= 11 is 0. The van der Waals surface area contributed by atoms with E-state index in [1.807, 2.05) is 53.1 Å². The zero-order valence-electron chi connectivity index (χ0n) is 26.9. The third kappa shape index (κ3) is 8.10. The molecule has 45 heavy (non-hydrogen) atoms. The molecule has 0 spiro atoms. The zero-order chi connectivity index (χ0) is 31.9. The number of carbonyl (C=O) groups is 2. The van der Waals surface area contributed by atoms with E-state index in [4.69, 9.17) is 5.11 Å². The second kappa shape index (κ2) is 14.4. The standard InChI is InChI=1S/C40H44N2O3/c1-28(2)23-30-14-16-32(17-15-30)27-42(35-20-18-31(19-21-35)24-29(3)4)36-11-7-10-34(25-36)40(45)38-26-33(9-8-13-39(43)44)37-12-5-6-22-41(37)38/h5-7,10-12,14-22,25-26,28-29H,8-9,13,23-24,27H2,1-4H3,(H,43,44). The average Bonchev–Trinajstić information content (AvgIpc) is 3.38. The highest BCUT2D eigenvalue weighted by Gasteiger charge is 2.19.